The number of methoxy groups -OCH3 is 3. The molecule has 0 unspecified atom stereocenters. The van der Waals surface area contributed by atoms with E-state index in [9.17, 15) is 4.79 Å². The van der Waals surface area contributed by atoms with Gasteiger partial charge in [0.1, 0.15) is 5.75 Å². The number of hydrogen-bond acceptors (Lipinski definition) is 6. The first-order valence-electron chi connectivity index (χ1n) is 10.5. The van der Waals surface area contributed by atoms with Crippen molar-refractivity contribution < 1.29 is 19.0 Å². The van der Waals surface area contributed by atoms with Crippen LogP contribution < -0.4 is 14.2 Å². The zero-order valence-corrected chi connectivity index (χ0v) is 18.9. The summed E-state index contributed by atoms with van der Waals surface area (Å²) in [6.45, 7) is 6.02. The number of rotatable bonds is 9. The number of hydrogen-bond donors (Lipinski definition) is 0. The molecule has 0 N–H and O–H groups in total. The summed E-state index contributed by atoms with van der Waals surface area (Å²) in [5.74, 6) is 2.00. The molecule has 0 radical (unpaired) electrons. The van der Waals surface area contributed by atoms with E-state index in [1.54, 1.807) is 26.3 Å². The molecule has 1 aliphatic heterocycles. The van der Waals surface area contributed by atoms with Crippen molar-refractivity contribution in [3.63, 3.8) is 0 Å². The topological polar surface area (TPSA) is 63.6 Å². The van der Waals surface area contributed by atoms with Crippen molar-refractivity contribution in [1.82, 2.24) is 9.91 Å². The van der Waals surface area contributed by atoms with Crippen LogP contribution in [0.3, 0.4) is 0 Å². The molecular formula is C24H31N3O4. The van der Waals surface area contributed by atoms with Crippen molar-refractivity contribution in [1.29, 1.82) is 0 Å². The summed E-state index contributed by atoms with van der Waals surface area (Å²) in [6, 6.07) is 13.2. The maximum Gasteiger partial charge on any atom is 0.257 e. The number of nitrogens with zero attached hydrogens (tertiary/aromatic N) is 3. The number of carbonyl (C=O) groups is 1. The molecule has 3 rings (SSSR count). The molecule has 0 spiro atoms. The van der Waals surface area contributed by atoms with Gasteiger partial charge in [0.15, 0.2) is 11.5 Å². The fraction of sp³-hybridized carbons (Fsp3) is 0.417. The Kier molecular flexibility index (Phi) is 7.52. The van der Waals surface area contributed by atoms with Crippen LogP contribution in [0.1, 0.15) is 37.4 Å². The van der Waals surface area contributed by atoms with Crippen molar-refractivity contribution in [2.45, 2.75) is 26.3 Å². The molecule has 166 valence electrons. The van der Waals surface area contributed by atoms with E-state index in [-0.39, 0.29) is 11.9 Å². The average Bonchev–Trinajstić information content (AvgIpc) is 3.27. The minimum Gasteiger partial charge on any atom is -0.497 e. The predicted octanol–water partition coefficient (Wildman–Crippen LogP) is 3.73. The van der Waals surface area contributed by atoms with Crippen LogP contribution in [-0.4, -0.2) is 62.5 Å². The number of ether oxygens (including phenoxy) is 3. The third-order valence-electron chi connectivity index (χ3n) is 5.63. The van der Waals surface area contributed by atoms with Crippen LogP contribution in [0, 0.1) is 0 Å². The average molecular weight is 426 g/mol. The number of benzene rings is 2. The number of carbonyl (C=O) groups excluding carboxylic acids is 1. The Morgan fingerprint density at radius 3 is 2.32 bits per heavy atom. The smallest absolute Gasteiger partial charge is 0.257 e. The minimum atomic E-state index is -0.273. The van der Waals surface area contributed by atoms with Gasteiger partial charge in [-0.1, -0.05) is 26.0 Å². The second kappa shape index (κ2) is 10.3. The molecule has 1 atom stereocenters. The van der Waals surface area contributed by atoms with Crippen molar-refractivity contribution in [2.75, 3.05) is 41.0 Å². The molecule has 0 saturated heterocycles. The number of para-hydroxylation sites is 1. The maximum absolute atomic E-state index is 13.3. The minimum absolute atomic E-state index is 0.0397. The normalized spacial score (nSPS) is 15.7. The Hall–Kier alpha value is -3.06. The molecule has 31 heavy (non-hydrogen) atoms. The number of amides is 1. The molecule has 2 aromatic rings. The molecule has 1 aliphatic rings. The molecule has 0 aliphatic carbocycles. The van der Waals surface area contributed by atoms with Gasteiger partial charge in [-0.25, -0.2) is 5.01 Å². The monoisotopic (exact) mass is 425 g/mol. The lowest BCUT2D eigenvalue weighted by Gasteiger charge is -2.26. The number of hydrazone groups is 1. The van der Waals surface area contributed by atoms with Crippen LogP contribution in [0.4, 0.5) is 0 Å². The van der Waals surface area contributed by atoms with Gasteiger partial charge < -0.3 is 14.2 Å². The highest BCUT2D eigenvalue weighted by Gasteiger charge is 2.35. The maximum atomic E-state index is 13.3. The van der Waals surface area contributed by atoms with Gasteiger partial charge in [-0.2, -0.15) is 5.10 Å². The van der Waals surface area contributed by atoms with Crippen molar-refractivity contribution >= 4 is 11.6 Å². The predicted molar refractivity (Wildman–Crippen MR) is 121 cm³/mol. The molecule has 1 amide bonds. The van der Waals surface area contributed by atoms with E-state index in [0.717, 1.165) is 35.7 Å². The third-order valence-corrected chi connectivity index (χ3v) is 5.63. The van der Waals surface area contributed by atoms with Crippen LogP contribution in [0.2, 0.25) is 0 Å². The molecule has 0 saturated carbocycles. The molecule has 0 aromatic heterocycles. The van der Waals surface area contributed by atoms with Gasteiger partial charge in [-0.15, -0.1) is 0 Å². The van der Waals surface area contributed by atoms with E-state index < -0.39 is 0 Å². The van der Waals surface area contributed by atoms with Gasteiger partial charge in [-0.3, -0.25) is 9.69 Å². The van der Waals surface area contributed by atoms with Crippen LogP contribution in [0.25, 0.3) is 0 Å². The Morgan fingerprint density at radius 2 is 1.74 bits per heavy atom. The molecule has 2 aromatic carbocycles. The number of likely N-dealkylation sites (N-methyl/N-ethyl adjacent to an activating group) is 1. The van der Waals surface area contributed by atoms with E-state index in [1.807, 2.05) is 42.5 Å². The second-order valence-corrected chi connectivity index (χ2v) is 7.28. The zero-order chi connectivity index (χ0) is 22.4. The molecule has 7 nitrogen and oxygen atoms in total. The fourth-order valence-corrected chi connectivity index (χ4v) is 3.83. The lowest BCUT2D eigenvalue weighted by molar-refractivity contribution is -0.134. The first-order valence-corrected chi connectivity index (χ1v) is 10.5. The van der Waals surface area contributed by atoms with Gasteiger partial charge in [0.05, 0.1) is 39.6 Å². The molecular weight excluding hydrogens is 394 g/mol. The Bertz CT molecular complexity index is 923. The SMILES string of the molecule is CCN(CC)CC(=O)N1N=C(c2ccc(OC)cc2)C[C@H]1c1cccc(OC)c1OC. The highest BCUT2D eigenvalue weighted by atomic mass is 16.5. The van der Waals surface area contributed by atoms with E-state index in [2.05, 4.69) is 18.7 Å². The van der Waals surface area contributed by atoms with Crippen molar-refractivity contribution in [3.8, 4) is 17.2 Å². The van der Waals surface area contributed by atoms with Gasteiger partial charge >= 0.3 is 0 Å². The van der Waals surface area contributed by atoms with Crippen LogP contribution in [0.15, 0.2) is 47.6 Å². The van der Waals surface area contributed by atoms with E-state index >= 15 is 0 Å². The summed E-state index contributed by atoms with van der Waals surface area (Å²) in [7, 11) is 4.86. The van der Waals surface area contributed by atoms with Gasteiger partial charge in [0.2, 0.25) is 0 Å². The zero-order valence-electron chi connectivity index (χ0n) is 18.9. The van der Waals surface area contributed by atoms with E-state index in [1.165, 1.54) is 0 Å². The van der Waals surface area contributed by atoms with Crippen LogP contribution in [-0.2, 0) is 4.79 Å². The summed E-state index contributed by atoms with van der Waals surface area (Å²) < 4.78 is 16.4. The molecule has 0 bridgehead atoms. The molecule has 0 fully saturated rings. The quantitative estimate of drug-likeness (QED) is 0.613. The van der Waals surface area contributed by atoms with Crippen LogP contribution >= 0.6 is 0 Å². The van der Waals surface area contributed by atoms with Crippen LogP contribution in [0.5, 0.6) is 17.2 Å². The molecule has 7 heteroatoms. The summed E-state index contributed by atoms with van der Waals surface area (Å²) in [5, 5.41) is 6.37. The largest absolute Gasteiger partial charge is 0.497 e. The highest BCUT2D eigenvalue weighted by molar-refractivity contribution is 6.03. The lowest BCUT2D eigenvalue weighted by Crippen LogP contribution is -2.38. The van der Waals surface area contributed by atoms with Crippen molar-refractivity contribution in [3.05, 3.63) is 53.6 Å². The molecule has 1 heterocycles. The Labute approximate surface area is 184 Å². The summed E-state index contributed by atoms with van der Waals surface area (Å²) in [6.07, 6.45) is 0.583. The standard InChI is InChI=1S/C24H31N3O4/c1-6-26(7-2)16-23(28)27-21(19-9-8-10-22(30-4)24(19)31-5)15-20(25-27)17-11-13-18(29-3)14-12-17/h8-14,21H,6-7,15-16H2,1-5H3/t21-/m0/s1. The fourth-order valence-electron chi connectivity index (χ4n) is 3.83. The van der Waals surface area contributed by atoms with E-state index in [4.69, 9.17) is 19.3 Å². The summed E-state index contributed by atoms with van der Waals surface area (Å²) in [5.41, 5.74) is 2.69. The first kappa shape index (κ1) is 22.6. The van der Waals surface area contributed by atoms with Gasteiger partial charge in [0.25, 0.3) is 5.91 Å². The van der Waals surface area contributed by atoms with Gasteiger partial charge in [0, 0.05) is 12.0 Å². The summed E-state index contributed by atoms with van der Waals surface area (Å²) in [4.78, 5) is 15.4. The third kappa shape index (κ3) is 4.82. The van der Waals surface area contributed by atoms with Gasteiger partial charge in [-0.05, 0) is 49.0 Å². The first-order chi connectivity index (χ1) is 15.1. The lowest BCUT2D eigenvalue weighted by atomic mass is 9.97. The van der Waals surface area contributed by atoms with Crippen molar-refractivity contribution in [2.24, 2.45) is 5.10 Å². The Morgan fingerprint density at radius 1 is 1.03 bits per heavy atom. The summed E-state index contributed by atoms with van der Waals surface area (Å²) >= 11 is 0. The second-order valence-electron chi connectivity index (χ2n) is 7.28. The Balaban J connectivity index is 1.99. The van der Waals surface area contributed by atoms with E-state index in [0.29, 0.717) is 24.5 Å². The highest BCUT2D eigenvalue weighted by Crippen LogP contribution is 2.41.